The molecule has 0 aliphatic carbocycles. The first-order valence-corrected chi connectivity index (χ1v) is 10.6. The van der Waals surface area contributed by atoms with Crippen LogP contribution in [0.4, 0.5) is 13.2 Å². The highest BCUT2D eigenvalue weighted by Gasteiger charge is 2.31. The molecule has 0 aliphatic heterocycles. The van der Waals surface area contributed by atoms with E-state index in [1.807, 2.05) is 35.8 Å². The summed E-state index contributed by atoms with van der Waals surface area (Å²) in [5.74, 6) is -0.00898. The quantitative estimate of drug-likeness (QED) is 0.439. The van der Waals surface area contributed by atoms with Gasteiger partial charge in [-0.1, -0.05) is 18.2 Å². The molecule has 7 nitrogen and oxygen atoms in total. The van der Waals surface area contributed by atoms with E-state index < -0.39 is 23.1 Å². The molecule has 0 unspecified atom stereocenters. The molecule has 10 heteroatoms. The van der Waals surface area contributed by atoms with E-state index in [1.165, 1.54) is 41.8 Å². The van der Waals surface area contributed by atoms with Gasteiger partial charge in [0.15, 0.2) is 5.69 Å². The lowest BCUT2D eigenvalue weighted by Gasteiger charge is -2.18. The van der Waals surface area contributed by atoms with Crippen LogP contribution in [0.1, 0.15) is 34.5 Å². The Kier molecular flexibility index (Phi) is 5.99. The average molecular weight is 469 g/mol. The zero-order chi connectivity index (χ0) is 24.6. The highest BCUT2D eigenvalue weighted by atomic mass is 19.4. The first-order valence-electron chi connectivity index (χ1n) is 10.6. The summed E-state index contributed by atoms with van der Waals surface area (Å²) in [5.41, 5.74) is 0.273. The Labute approximate surface area is 193 Å². The number of aromatic nitrogens is 4. The maximum absolute atomic E-state index is 13.2. The van der Waals surface area contributed by atoms with Gasteiger partial charge in [0, 0.05) is 25.4 Å². The lowest BCUT2D eigenvalue weighted by molar-refractivity contribution is -0.137. The fourth-order valence-electron chi connectivity index (χ4n) is 3.83. The van der Waals surface area contributed by atoms with E-state index in [9.17, 15) is 22.8 Å². The van der Waals surface area contributed by atoms with Gasteiger partial charge in [-0.2, -0.15) is 18.3 Å². The summed E-state index contributed by atoms with van der Waals surface area (Å²) >= 11 is 0. The van der Waals surface area contributed by atoms with Crippen molar-refractivity contribution in [2.45, 2.75) is 33.1 Å². The standard InChI is InChI=1S/C24H22F3N5O2/c1-4-31-19-11-6-5-10-18(19)28-21(31)14-30(3)23(34)22-20(33)12-15(2)32(29-22)17-9-7-8-16(13-17)24(25,26)27/h5-13H,4,14H2,1-3H3. The van der Waals surface area contributed by atoms with Crippen molar-refractivity contribution in [1.82, 2.24) is 24.2 Å². The van der Waals surface area contributed by atoms with E-state index in [-0.39, 0.29) is 17.9 Å². The van der Waals surface area contributed by atoms with Crippen LogP contribution in [0.2, 0.25) is 0 Å². The van der Waals surface area contributed by atoms with Gasteiger partial charge in [0.1, 0.15) is 5.82 Å². The number of hydrogen-bond donors (Lipinski definition) is 0. The normalized spacial score (nSPS) is 11.7. The van der Waals surface area contributed by atoms with Gasteiger partial charge in [-0.25, -0.2) is 9.67 Å². The van der Waals surface area contributed by atoms with Crippen LogP contribution < -0.4 is 5.43 Å². The predicted octanol–water partition coefficient (Wildman–Crippen LogP) is 4.20. The number of carbonyl (C=O) groups is 1. The molecule has 1 amide bonds. The summed E-state index contributed by atoms with van der Waals surface area (Å²) in [4.78, 5) is 31.6. The third kappa shape index (κ3) is 4.30. The Balaban J connectivity index is 1.69. The fourth-order valence-corrected chi connectivity index (χ4v) is 3.83. The Morgan fingerprint density at radius 3 is 2.53 bits per heavy atom. The van der Waals surface area contributed by atoms with Gasteiger partial charge in [-0.05, 0) is 44.2 Å². The molecule has 0 radical (unpaired) electrons. The number of aryl methyl sites for hydroxylation is 2. The van der Waals surface area contributed by atoms with Crippen LogP contribution in [0.15, 0.2) is 59.4 Å². The summed E-state index contributed by atoms with van der Waals surface area (Å²) in [6.07, 6.45) is -4.54. The fraction of sp³-hybridized carbons (Fsp3) is 0.250. The van der Waals surface area contributed by atoms with Gasteiger partial charge in [0.25, 0.3) is 5.91 Å². The topological polar surface area (TPSA) is 73.0 Å². The molecule has 0 atom stereocenters. The second kappa shape index (κ2) is 8.77. The summed E-state index contributed by atoms with van der Waals surface area (Å²) in [6.45, 7) is 4.27. The van der Waals surface area contributed by atoms with E-state index in [2.05, 4.69) is 10.1 Å². The maximum atomic E-state index is 13.2. The maximum Gasteiger partial charge on any atom is 0.416 e. The number of alkyl halides is 3. The lowest BCUT2D eigenvalue weighted by Crippen LogP contribution is -2.34. The van der Waals surface area contributed by atoms with Gasteiger partial charge >= 0.3 is 6.18 Å². The molecule has 34 heavy (non-hydrogen) atoms. The Bertz CT molecular complexity index is 1440. The number of fused-ring (bicyclic) bond motifs is 1. The average Bonchev–Trinajstić information content (AvgIpc) is 3.15. The van der Waals surface area contributed by atoms with Crippen LogP contribution in [0.25, 0.3) is 16.7 Å². The molecule has 0 aliphatic rings. The Hall–Kier alpha value is -3.95. The summed E-state index contributed by atoms with van der Waals surface area (Å²) in [6, 6.07) is 13.3. The SMILES string of the molecule is CCn1c(CN(C)C(=O)c2nn(-c3cccc(C(F)(F)F)c3)c(C)cc2=O)nc2ccccc21. The number of nitrogens with zero attached hydrogens (tertiary/aromatic N) is 5. The first kappa shape index (κ1) is 23.2. The molecule has 4 aromatic rings. The first-order chi connectivity index (χ1) is 16.1. The van der Waals surface area contributed by atoms with Gasteiger partial charge < -0.3 is 9.47 Å². The Morgan fingerprint density at radius 2 is 1.82 bits per heavy atom. The molecule has 4 rings (SSSR count). The van der Waals surface area contributed by atoms with E-state index in [0.29, 0.717) is 18.1 Å². The van der Waals surface area contributed by atoms with Crippen molar-refractivity contribution in [3.8, 4) is 5.69 Å². The molecule has 0 fully saturated rings. The summed E-state index contributed by atoms with van der Waals surface area (Å²) in [5, 5.41) is 4.13. The van der Waals surface area contributed by atoms with E-state index in [0.717, 1.165) is 23.2 Å². The zero-order valence-corrected chi connectivity index (χ0v) is 18.8. The lowest BCUT2D eigenvalue weighted by atomic mass is 10.2. The Morgan fingerprint density at radius 1 is 1.09 bits per heavy atom. The van der Waals surface area contributed by atoms with E-state index in [1.54, 1.807) is 0 Å². The largest absolute Gasteiger partial charge is 0.416 e. The van der Waals surface area contributed by atoms with Crippen LogP contribution >= 0.6 is 0 Å². The third-order valence-electron chi connectivity index (χ3n) is 5.50. The van der Waals surface area contributed by atoms with Crippen molar-refractivity contribution in [3.05, 3.63) is 87.6 Å². The number of rotatable bonds is 5. The monoisotopic (exact) mass is 469 g/mol. The van der Waals surface area contributed by atoms with Crippen LogP contribution in [-0.2, 0) is 19.3 Å². The van der Waals surface area contributed by atoms with Gasteiger partial charge in [0.05, 0.1) is 28.8 Å². The highest BCUT2D eigenvalue weighted by Crippen LogP contribution is 2.30. The molecule has 0 saturated heterocycles. The molecule has 2 aromatic heterocycles. The summed E-state index contributed by atoms with van der Waals surface area (Å²) in [7, 11) is 1.53. The van der Waals surface area contributed by atoms with Crippen molar-refractivity contribution in [2.75, 3.05) is 7.05 Å². The highest BCUT2D eigenvalue weighted by molar-refractivity contribution is 5.92. The van der Waals surface area contributed by atoms with E-state index >= 15 is 0 Å². The molecule has 0 N–H and O–H groups in total. The zero-order valence-electron chi connectivity index (χ0n) is 18.8. The molecule has 176 valence electrons. The van der Waals surface area contributed by atoms with Gasteiger partial charge in [-0.3, -0.25) is 9.59 Å². The minimum absolute atomic E-state index is 0.0943. The van der Waals surface area contributed by atoms with Crippen LogP contribution in [0, 0.1) is 6.92 Å². The number of imidazole rings is 1. The molecular formula is C24H22F3N5O2. The number of amides is 1. The molecule has 2 aromatic carbocycles. The molecule has 0 spiro atoms. The third-order valence-corrected chi connectivity index (χ3v) is 5.50. The van der Waals surface area contributed by atoms with E-state index in [4.69, 9.17) is 0 Å². The molecule has 2 heterocycles. The number of para-hydroxylation sites is 2. The van der Waals surface area contributed by atoms with Crippen LogP contribution in [0.3, 0.4) is 0 Å². The number of benzene rings is 2. The smallest absolute Gasteiger partial charge is 0.333 e. The van der Waals surface area contributed by atoms with Crippen molar-refractivity contribution in [1.29, 1.82) is 0 Å². The van der Waals surface area contributed by atoms with Crippen molar-refractivity contribution >= 4 is 16.9 Å². The van der Waals surface area contributed by atoms with Gasteiger partial charge in [-0.15, -0.1) is 0 Å². The number of hydrogen-bond acceptors (Lipinski definition) is 4. The molecular weight excluding hydrogens is 447 g/mol. The second-order valence-electron chi connectivity index (χ2n) is 7.88. The minimum Gasteiger partial charge on any atom is -0.333 e. The van der Waals surface area contributed by atoms with Gasteiger partial charge in [0.2, 0.25) is 5.43 Å². The van der Waals surface area contributed by atoms with Crippen LogP contribution in [-0.4, -0.2) is 37.2 Å². The minimum atomic E-state index is -4.54. The molecule has 0 saturated carbocycles. The van der Waals surface area contributed by atoms with Crippen molar-refractivity contribution in [2.24, 2.45) is 0 Å². The van der Waals surface area contributed by atoms with Crippen LogP contribution in [0.5, 0.6) is 0 Å². The number of carbonyl (C=O) groups excluding carboxylic acids is 1. The molecule has 0 bridgehead atoms. The number of halogens is 3. The van der Waals surface area contributed by atoms with Crippen molar-refractivity contribution in [3.63, 3.8) is 0 Å². The summed E-state index contributed by atoms with van der Waals surface area (Å²) < 4.78 is 42.6. The predicted molar refractivity (Wildman–Crippen MR) is 121 cm³/mol. The van der Waals surface area contributed by atoms with Crippen molar-refractivity contribution < 1.29 is 18.0 Å². The second-order valence-corrected chi connectivity index (χ2v) is 7.88.